The smallest absolute Gasteiger partial charge is 0.0965 e. The van der Waals surface area contributed by atoms with Crippen LogP contribution in [-0.2, 0) is 0 Å². The molecule has 3 unspecified atom stereocenters. The van der Waals surface area contributed by atoms with Crippen molar-refractivity contribution in [3.05, 3.63) is 23.9 Å². The summed E-state index contributed by atoms with van der Waals surface area (Å²) < 4.78 is 0. The quantitative estimate of drug-likeness (QED) is 0.888. The molecular formula is C15H24N2S. The normalized spacial score (nSPS) is 25.9. The third-order valence-electron chi connectivity index (χ3n) is 3.87. The van der Waals surface area contributed by atoms with E-state index in [1.807, 2.05) is 25.0 Å². The second kappa shape index (κ2) is 6.58. The van der Waals surface area contributed by atoms with Crippen LogP contribution >= 0.6 is 11.8 Å². The highest BCUT2D eigenvalue weighted by molar-refractivity contribution is 7.99. The van der Waals surface area contributed by atoms with E-state index >= 15 is 0 Å². The highest BCUT2D eigenvalue weighted by Gasteiger charge is 2.20. The van der Waals surface area contributed by atoms with Crippen LogP contribution in [0.5, 0.6) is 0 Å². The second-order valence-corrected chi connectivity index (χ2v) is 6.77. The van der Waals surface area contributed by atoms with Crippen molar-refractivity contribution in [3.8, 4) is 0 Å². The van der Waals surface area contributed by atoms with Gasteiger partial charge in [-0.15, -0.1) is 11.8 Å². The molecule has 0 amide bonds. The molecule has 0 spiro atoms. The molecule has 1 N–H and O–H groups in total. The van der Waals surface area contributed by atoms with Gasteiger partial charge in [0.15, 0.2) is 0 Å². The van der Waals surface area contributed by atoms with Crippen molar-refractivity contribution < 1.29 is 0 Å². The first-order chi connectivity index (χ1) is 8.69. The Kier molecular flexibility index (Phi) is 5.07. The van der Waals surface area contributed by atoms with Gasteiger partial charge in [-0.2, -0.15) is 0 Å². The summed E-state index contributed by atoms with van der Waals surface area (Å²) in [7, 11) is 2.00. The summed E-state index contributed by atoms with van der Waals surface area (Å²) >= 11 is 1.97. The summed E-state index contributed by atoms with van der Waals surface area (Å²) in [6, 6.07) is 4.75. The third-order valence-corrected chi connectivity index (χ3v) is 5.09. The van der Waals surface area contributed by atoms with E-state index in [1.54, 1.807) is 0 Å². The van der Waals surface area contributed by atoms with Crippen molar-refractivity contribution in [2.75, 3.05) is 7.05 Å². The fourth-order valence-electron chi connectivity index (χ4n) is 2.58. The molecular weight excluding hydrogens is 240 g/mol. The van der Waals surface area contributed by atoms with Crippen molar-refractivity contribution in [3.63, 3.8) is 0 Å². The lowest BCUT2D eigenvalue weighted by atomic mass is 9.91. The van der Waals surface area contributed by atoms with Crippen LogP contribution < -0.4 is 5.32 Å². The number of aromatic nitrogens is 1. The molecule has 1 aromatic heterocycles. The van der Waals surface area contributed by atoms with E-state index in [1.165, 1.54) is 36.3 Å². The largest absolute Gasteiger partial charge is 0.313 e. The van der Waals surface area contributed by atoms with Gasteiger partial charge in [-0.3, -0.25) is 0 Å². The third kappa shape index (κ3) is 3.72. The minimum absolute atomic E-state index is 0.401. The second-order valence-electron chi connectivity index (χ2n) is 5.45. The average molecular weight is 264 g/mol. The van der Waals surface area contributed by atoms with Gasteiger partial charge in [-0.1, -0.05) is 19.8 Å². The lowest BCUT2D eigenvalue weighted by Gasteiger charge is -2.26. The van der Waals surface area contributed by atoms with Gasteiger partial charge in [0.25, 0.3) is 0 Å². The standard InChI is InChI=1S/C15H24N2S/c1-11-5-4-6-14(9-11)18-15-10-13(7-8-17-15)12(2)16-3/h7-8,10-12,14,16H,4-6,9H2,1-3H3. The predicted molar refractivity (Wildman–Crippen MR) is 79.0 cm³/mol. The van der Waals surface area contributed by atoms with E-state index in [4.69, 9.17) is 0 Å². The SMILES string of the molecule is CNC(C)c1ccnc(SC2CCCC(C)C2)c1. The predicted octanol–water partition coefficient (Wildman–Crippen LogP) is 4.03. The first kappa shape index (κ1) is 13.9. The molecule has 2 nitrogen and oxygen atoms in total. The Labute approximate surface area is 115 Å². The Bertz CT molecular complexity index is 381. The first-order valence-corrected chi connectivity index (χ1v) is 7.87. The van der Waals surface area contributed by atoms with Crippen molar-refractivity contribution in [1.29, 1.82) is 0 Å². The molecule has 0 aromatic carbocycles. The van der Waals surface area contributed by atoms with Crippen molar-refractivity contribution in [2.24, 2.45) is 5.92 Å². The molecule has 0 bridgehead atoms. The maximum atomic E-state index is 4.51. The zero-order chi connectivity index (χ0) is 13.0. The summed E-state index contributed by atoms with van der Waals surface area (Å²) in [6.07, 6.45) is 7.42. The van der Waals surface area contributed by atoms with Crippen molar-refractivity contribution >= 4 is 11.8 Å². The van der Waals surface area contributed by atoms with Crippen LogP contribution in [0.2, 0.25) is 0 Å². The van der Waals surface area contributed by atoms with Gasteiger partial charge >= 0.3 is 0 Å². The number of thioether (sulfide) groups is 1. The molecule has 0 aliphatic heterocycles. The molecule has 1 aliphatic carbocycles. The van der Waals surface area contributed by atoms with Crippen LogP contribution in [0.1, 0.15) is 51.1 Å². The highest BCUT2D eigenvalue weighted by atomic mass is 32.2. The summed E-state index contributed by atoms with van der Waals surface area (Å²) in [5, 5.41) is 5.24. The first-order valence-electron chi connectivity index (χ1n) is 6.99. The maximum absolute atomic E-state index is 4.51. The van der Waals surface area contributed by atoms with Gasteiger partial charge in [0.1, 0.15) is 0 Å². The molecule has 1 heterocycles. The van der Waals surface area contributed by atoms with Crippen LogP contribution in [0, 0.1) is 5.92 Å². The topological polar surface area (TPSA) is 24.9 Å². The minimum Gasteiger partial charge on any atom is -0.313 e. The molecule has 0 saturated heterocycles. The van der Waals surface area contributed by atoms with Crippen molar-refractivity contribution in [2.45, 2.75) is 55.8 Å². The van der Waals surface area contributed by atoms with Crippen LogP contribution in [0.4, 0.5) is 0 Å². The average Bonchev–Trinajstić information content (AvgIpc) is 2.38. The zero-order valence-electron chi connectivity index (χ0n) is 11.6. The maximum Gasteiger partial charge on any atom is 0.0965 e. The summed E-state index contributed by atoms with van der Waals surface area (Å²) in [4.78, 5) is 4.51. The molecule has 18 heavy (non-hydrogen) atoms. The Morgan fingerprint density at radius 3 is 3.00 bits per heavy atom. The molecule has 3 atom stereocenters. The molecule has 0 radical (unpaired) electrons. The molecule has 1 fully saturated rings. The summed E-state index contributed by atoms with van der Waals surface area (Å²) in [6.45, 7) is 4.56. The number of hydrogen-bond donors (Lipinski definition) is 1. The zero-order valence-corrected chi connectivity index (χ0v) is 12.5. The monoisotopic (exact) mass is 264 g/mol. The molecule has 1 aromatic rings. The molecule has 1 saturated carbocycles. The van der Waals surface area contributed by atoms with E-state index in [9.17, 15) is 0 Å². The van der Waals surface area contributed by atoms with Gasteiger partial charge in [0.2, 0.25) is 0 Å². The molecule has 3 heteroatoms. The molecule has 100 valence electrons. The van der Waals surface area contributed by atoms with Gasteiger partial charge in [-0.25, -0.2) is 4.98 Å². The Morgan fingerprint density at radius 1 is 1.44 bits per heavy atom. The summed E-state index contributed by atoms with van der Waals surface area (Å²) in [5.41, 5.74) is 1.33. The number of nitrogens with one attached hydrogen (secondary N) is 1. The van der Waals surface area contributed by atoms with Crippen molar-refractivity contribution in [1.82, 2.24) is 10.3 Å². The van der Waals surface area contributed by atoms with Gasteiger partial charge < -0.3 is 5.32 Å². The lowest BCUT2D eigenvalue weighted by molar-refractivity contribution is 0.394. The van der Waals surface area contributed by atoms with Crippen LogP contribution in [0.25, 0.3) is 0 Å². The fraction of sp³-hybridized carbons (Fsp3) is 0.667. The highest BCUT2D eigenvalue weighted by Crippen LogP contribution is 2.35. The van der Waals surface area contributed by atoms with Gasteiger partial charge in [0.05, 0.1) is 5.03 Å². The Morgan fingerprint density at radius 2 is 2.28 bits per heavy atom. The Hall–Kier alpha value is -0.540. The molecule has 2 rings (SSSR count). The van der Waals surface area contributed by atoms with E-state index < -0.39 is 0 Å². The molecule has 1 aliphatic rings. The Balaban J connectivity index is 2.00. The van der Waals surface area contributed by atoms with Crippen LogP contribution in [-0.4, -0.2) is 17.3 Å². The van der Waals surface area contributed by atoms with Gasteiger partial charge in [-0.05, 0) is 50.4 Å². The van der Waals surface area contributed by atoms with Crippen LogP contribution in [0.3, 0.4) is 0 Å². The number of pyridine rings is 1. The van der Waals surface area contributed by atoms with Gasteiger partial charge in [0, 0.05) is 17.5 Å². The number of nitrogens with zero attached hydrogens (tertiary/aromatic N) is 1. The fourth-order valence-corrected chi connectivity index (χ4v) is 3.96. The van der Waals surface area contributed by atoms with E-state index in [0.717, 1.165) is 11.2 Å². The van der Waals surface area contributed by atoms with E-state index in [0.29, 0.717) is 6.04 Å². The number of hydrogen-bond acceptors (Lipinski definition) is 3. The minimum atomic E-state index is 0.401. The van der Waals surface area contributed by atoms with E-state index in [-0.39, 0.29) is 0 Å². The lowest BCUT2D eigenvalue weighted by Crippen LogP contribution is -2.15. The number of rotatable bonds is 4. The van der Waals surface area contributed by atoms with E-state index in [2.05, 4.69) is 36.3 Å². The summed E-state index contributed by atoms with van der Waals surface area (Å²) in [5.74, 6) is 0.885. The van der Waals surface area contributed by atoms with Crippen LogP contribution in [0.15, 0.2) is 23.4 Å².